The number of carbonyl (C=O) groups is 1. The molecule has 1 amide bonds. The maximum Gasteiger partial charge on any atom is 0.257 e. The van der Waals surface area contributed by atoms with Crippen molar-refractivity contribution in [1.29, 1.82) is 0 Å². The summed E-state index contributed by atoms with van der Waals surface area (Å²) in [4.78, 5) is 12.1. The van der Waals surface area contributed by atoms with E-state index in [-0.39, 0.29) is 5.91 Å². The number of halogens is 1. The molecule has 0 atom stereocenters. The average Bonchev–Trinajstić information content (AvgIpc) is 2.39. The standard InChI is InChI=1S/C15H15BrN2O/c1-2-10-7-8-11(9-13(10)16)18-15(19)12-5-3-4-6-14(12)17/h3-9H,2,17H2,1H3,(H,18,19). The molecule has 0 saturated carbocycles. The first kappa shape index (κ1) is 13.6. The largest absolute Gasteiger partial charge is 0.398 e. The highest BCUT2D eigenvalue weighted by molar-refractivity contribution is 9.10. The number of carbonyl (C=O) groups excluding carboxylic acids is 1. The van der Waals surface area contributed by atoms with Crippen LogP contribution in [0.4, 0.5) is 11.4 Å². The molecule has 3 nitrogen and oxygen atoms in total. The number of nitrogens with two attached hydrogens (primary N) is 1. The number of nitrogens with one attached hydrogen (secondary N) is 1. The topological polar surface area (TPSA) is 55.1 Å². The van der Waals surface area contributed by atoms with Crippen molar-refractivity contribution in [2.45, 2.75) is 13.3 Å². The van der Waals surface area contributed by atoms with Crippen molar-refractivity contribution in [3.63, 3.8) is 0 Å². The Labute approximate surface area is 121 Å². The first-order valence-corrected chi connectivity index (χ1v) is 6.85. The molecule has 2 aromatic carbocycles. The van der Waals surface area contributed by atoms with Crippen molar-refractivity contribution in [1.82, 2.24) is 0 Å². The van der Waals surface area contributed by atoms with Crippen LogP contribution in [-0.4, -0.2) is 5.91 Å². The summed E-state index contributed by atoms with van der Waals surface area (Å²) < 4.78 is 0.994. The highest BCUT2D eigenvalue weighted by atomic mass is 79.9. The van der Waals surface area contributed by atoms with Gasteiger partial charge in [-0.2, -0.15) is 0 Å². The molecule has 2 rings (SSSR count). The SMILES string of the molecule is CCc1ccc(NC(=O)c2ccccc2N)cc1Br. The monoisotopic (exact) mass is 318 g/mol. The van der Waals surface area contributed by atoms with E-state index in [9.17, 15) is 4.79 Å². The molecule has 3 N–H and O–H groups in total. The summed E-state index contributed by atoms with van der Waals surface area (Å²) in [6, 6.07) is 12.8. The highest BCUT2D eigenvalue weighted by Gasteiger charge is 2.09. The van der Waals surface area contributed by atoms with Gasteiger partial charge in [-0.05, 0) is 36.2 Å². The highest BCUT2D eigenvalue weighted by Crippen LogP contribution is 2.23. The number of rotatable bonds is 3. The first-order valence-electron chi connectivity index (χ1n) is 6.06. The van der Waals surface area contributed by atoms with Gasteiger partial charge in [-0.15, -0.1) is 0 Å². The Morgan fingerprint density at radius 3 is 2.63 bits per heavy atom. The molecule has 0 spiro atoms. The number of benzene rings is 2. The van der Waals surface area contributed by atoms with Gasteiger partial charge in [0.1, 0.15) is 0 Å². The van der Waals surface area contributed by atoms with E-state index in [2.05, 4.69) is 28.2 Å². The smallest absolute Gasteiger partial charge is 0.257 e. The lowest BCUT2D eigenvalue weighted by Gasteiger charge is -2.09. The summed E-state index contributed by atoms with van der Waals surface area (Å²) in [5.41, 5.74) is 8.69. The third-order valence-electron chi connectivity index (χ3n) is 2.90. The van der Waals surface area contributed by atoms with Gasteiger partial charge in [0.15, 0.2) is 0 Å². The van der Waals surface area contributed by atoms with E-state index in [1.165, 1.54) is 5.56 Å². The second-order valence-electron chi connectivity index (χ2n) is 4.20. The van der Waals surface area contributed by atoms with E-state index in [0.717, 1.165) is 16.6 Å². The van der Waals surface area contributed by atoms with E-state index in [4.69, 9.17) is 5.73 Å². The van der Waals surface area contributed by atoms with Gasteiger partial charge in [-0.1, -0.05) is 41.1 Å². The van der Waals surface area contributed by atoms with Gasteiger partial charge in [0.25, 0.3) is 5.91 Å². The number of anilines is 2. The molecular formula is C15H15BrN2O. The van der Waals surface area contributed by atoms with Gasteiger partial charge in [0.05, 0.1) is 5.56 Å². The number of amides is 1. The van der Waals surface area contributed by atoms with Gasteiger partial charge in [-0.25, -0.2) is 0 Å². The molecule has 19 heavy (non-hydrogen) atoms. The molecule has 98 valence electrons. The van der Waals surface area contributed by atoms with Gasteiger partial charge in [0.2, 0.25) is 0 Å². The second-order valence-corrected chi connectivity index (χ2v) is 5.06. The minimum absolute atomic E-state index is 0.200. The predicted molar refractivity (Wildman–Crippen MR) is 82.3 cm³/mol. The summed E-state index contributed by atoms with van der Waals surface area (Å²) in [6.07, 6.45) is 0.945. The van der Waals surface area contributed by atoms with Crippen LogP contribution < -0.4 is 11.1 Å². The number of aryl methyl sites for hydroxylation is 1. The summed E-state index contributed by atoms with van der Waals surface area (Å²) in [5, 5.41) is 2.84. The van der Waals surface area contributed by atoms with E-state index >= 15 is 0 Å². The average molecular weight is 319 g/mol. The summed E-state index contributed by atoms with van der Waals surface area (Å²) in [5.74, 6) is -0.200. The van der Waals surface area contributed by atoms with Crippen LogP contribution in [0.25, 0.3) is 0 Å². The van der Waals surface area contributed by atoms with E-state index in [0.29, 0.717) is 11.3 Å². The van der Waals surface area contributed by atoms with Gasteiger partial charge < -0.3 is 11.1 Å². The lowest BCUT2D eigenvalue weighted by atomic mass is 10.1. The van der Waals surface area contributed by atoms with Crippen molar-refractivity contribution in [3.8, 4) is 0 Å². The van der Waals surface area contributed by atoms with Crippen molar-refractivity contribution < 1.29 is 4.79 Å². The minimum Gasteiger partial charge on any atom is -0.398 e. The van der Waals surface area contributed by atoms with E-state index in [1.807, 2.05) is 18.2 Å². The van der Waals surface area contributed by atoms with Crippen LogP contribution in [0.5, 0.6) is 0 Å². The quantitative estimate of drug-likeness (QED) is 0.845. The van der Waals surface area contributed by atoms with Crippen molar-refractivity contribution >= 4 is 33.2 Å². The fourth-order valence-corrected chi connectivity index (χ4v) is 2.47. The van der Waals surface area contributed by atoms with Crippen molar-refractivity contribution in [2.24, 2.45) is 0 Å². The third-order valence-corrected chi connectivity index (χ3v) is 3.64. The Balaban J connectivity index is 2.20. The predicted octanol–water partition coefficient (Wildman–Crippen LogP) is 3.85. The molecule has 0 saturated heterocycles. The second kappa shape index (κ2) is 5.89. The summed E-state index contributed by atoms with van der Waals surface area (Å²) >= 11 is 3.49. The molecule has 0 aromatic heterocycles. The molecule has 0 radical (unpaired) electrons. The molecule has 0 unspecified atom stereocenters. The number of nitrogen functional groups attached to an aromatic ring is 1. The summed E-state index contributed by atoms with van der Waals surface area (Å²) in [6.45, 7) is 2.09. The third kappa shape index (κ3) is 3.15. The lowest BCUT2D eigenvalue weighted by molar-refractivity contribution is 0.102. The molecule has 0 aliphatic rings. The number of para-hydroxylation sites is 1. The molecule has 0 aliphatic heterocycles. The zero-order chi connectivity index (χ0) is 13.8. The molecule has 0 aliphatic carbocycles. The molecule has 0 bridgehead atoms. The maximum absolute atomic E-state index is 12.1. The zero-order valence-electron chi connectivity index (χ0n) is 10.6. The fourth-order valence-electron chi connectivity index (χ4n) is 1.81. The van der Waals surface area contributed by atoms with E-state index in [1.54, 1.807) is 24.3 Å². The van der Waals surface area contributed by atoms with Gasteiger partial charge in [-0.3, -0.25) is 4.79 Å². The minimum atomic E-state index is -0.200. The summed E-state index contributed by atoms with van der Waals surface area (Å²) in [7, 11) is 0. The van der Waals surface area contributed by atoms with Crippen molar-refractivity contribution in [2.75, 3.05) is 11.1 Å². The molecule has 0 fully saturated rings. The Morgan fingerprint density at radius 1 is 1.26 bits per heavy atom. The van der Waals surface area contributed by atoms with Crippen LogP contribution in [0.15, 0.2) is 46.9 Å². The van der Waals surface area contributed by atoms with Crippen molar-refractivity contribution in [3.05, 3.63) is 58.1 Å². The Morgan fingerprint density at radius 2 is 2.00 bits per heavy atom. The molecule has 0 heterocycles. The van der Waals surface area contributed by atoms with Crippen LogP contribution in [0.3, 0.4) is 0 Å². The zero-order valence-corrected chi connectivity index (χ0v) is 12.2. The van der Waals surface area contributed by atoms with E-state index < -0.39 is 0 Å². The lowest BCUT2D eigenvalue weighted by Crippen LogP contribution is -2.13. The first-order chi connectivity index (χ1) is 9.11. The number of hydrogen-bond donors (Lipinski definition) is 2. The maximum atomic E-state index is 12.1. The normalized spacial score (nSPS) is 10.2. The molecular weight excluding hydrogens is 304 g/mol. The van der Waals surface area contributed by atoms with Crippen LogP contribution in [0, 0.1) is 0 Å². The van der Waals surface area contributed by atoms with Crippen LogP contribution in [-0.2, 0) is 6.42 Å². The molecule has 4 heteroatoms. The fraction of sp³-hybridized carbons (Fsp3) is 0.133. The Hall–Kier alpha value is -1.81. The Bertz CT molecular complexity index is 611. The van der Waals surface area contributed by atoms with Crippen LogP contribution in [0.2, 0.25) is 0 Å². The number of hydrogen-bond acceptors (Lipinski definition) is 2. The molecule has 2 aromatic rings. The van der Waals surface area contributed by atoms with Gasteiger partial charge in [0, 0.05) is 15.8 Å². The van der Waals surface area contributed by atoms with Crippen LogP contribution >= 0.6 is 15.9 Å². The van der Waals surface area contributed by atoms with Crippen LogP contribution in [0.1, 0.15) is 22.8 Å². The van der Waals surface area contributed by atoms with Gasteiger partial charge >= 0.3 is 0 Å². The Kier molecular flexibility index (Phi) is 4.22.